The number of aliphatic carboxylic acids is 1. The van der Waals surface area contributed by atoms with E-state index < -0.39 is 16.0 Å². The van der Waals surface area contributed by atoms with E-state index in [1.165, 1.54) is 4.31 Å². The second-order valence-electron chi connectivity index (χ2n) is 4.61. The number of nitrogens with zero attached hydrogens (tertiary/aromatic N) is 1. The van der Waals surface area contributed by atoms with Crippen LogP contribution < -0.4 is 0 Å². The van der Waals surface area contributed by atoms with Gasteiger partial charge in [0.25, 0.3) is 0 Å². The molecule has 0 spiro atoms. The summed E-state index contributed by atoms with van der Waals surface area (Å²) in [7, 11) is -3.24. The smallest absolute Gasteiger partial charge is 0.303 e. The normalized spacial score (nSPS) is 21.8. The molecule has 0 radical (unpaired) electrons. The van der Waals surface area contributed by atoms with E-state index in [0.29, 0.717) is 19.0 Å². The third-order valence-electron chi connectivity index (χ3n) is 3.13. The first kappa shape index (κ1) is 14.4. The maximum absolute atomic E-state index is 11.9. The lowest BCUT2D eigenvalue weighted by molar-refractivity contribution is -0.137. The van der Waals surface area contributed by atoms with Crippen molar-refractivity contribution in [2.45, 2.75) is 39.0 Å². The Labute approximate surface area is 103 Å². The van der Waals surface area contributed by atoms with Gasteiger partial charge in [-0.15, -0.1) is 0 Å². The molecular formula is C11H21NO4S. The summed E-state index contributed by atoms with van der Waals surface area (Å²) < 4.78 is 25.3. The van der Waals surface area contributed by atoms with Crippen LogP contribution in [-0.2, 0) is 14.8 Å². The lowest BCUT2D eigenvalue weighted by atomic mass is 10.0. The fourth-order valence-electron chi connectivity index (χ4n) is 2.23. The van der Waals surface area contributed by atoms with Crippen LogP contribution in [-0.4, -0.2) is 42.6 Å². The molecule has 1 fully saturated rings. The van der Waals surface area contributed by atoms with E-state index in [0.717, 1.165) is 19.3 Å². The zero-order valence-electron chi connectivity index (χ0n) is 10.3. The standard InChI is InChI=1S/C11H21NO4S/c1-2-4-10-6-7-12(9-10)17(15,16)8-3-5-11(13)14/h10H,2-9H2,1H3,(H,13,14). The molecule has 6 heteroatoms. The summed E-state index contributed by atoms with van der Waals surface area (Å²) >= 11 is 0. The summed E-state index contributed by atoms with van der Waals surface area (Å²) in [6, 6.07) is 0. The van der Waals surface area contributed by atoms with Crippen LogP contribution in [0.2, 0.25) is 0 Å². The molecule has 1 saturated heterocycles. The number of carboxylic acids is 1. The van der Waals surface area contributed by atoms with E-state index in [1.807, 2.05) is 0 Å². The van der Waals surface area contributed by atoms with E-state index >= 15 is 0 Å². The molecule has 1 N–H and O–H groups in total. The number of carboxylic acid groups (broad SMARTS) is 1. The topological polar surface area (TPSA) is 74.7 Å². The van der Waals surface area contributed by atoms with Crippen LogP contribution in [0.1, 0.15) is 39.0 Å². The quantitative estimate of drug-likeness (QED) is 0.751. The van der Waals surface area contributed by atoms with Crippen LogP contribution in [0.15, 0.2) is 0 Å². The molecule has 17 heavy (non-hydrogen) atoms. The first-order valence-electron chi connectivity index (χ1n) is 6.15. The summed E-state index contributed by atoms with van der Waals surface area (Å²) in [4.78, 5) is 10.3. The third-order valence-corrected chi connectivity index (χ3v) is 5.05. The van der Waals surface area contributed by atoms with Crippen molar-refractivity contribution in [2.24, 2.45) is 5.92 Å². The van der Waals surface area contributed by atoms with Crippen molar-refractivity contribution in [3.05, 3.63) is 0 Å². The first-order valence-corrected chi connectivity index (χ1v) is 7.76. The fraction of sp³-hybridized carbons (Fsp3) is 0.909. The minimum absolute atomic E-state index is 0.0435. The highest BCUT2D eigenvalue weighted by Crippen LogP contribution is 2.23. The molecular weight excluding hydrogens is 242 g/mol. The van der Waals surface area contributed by atoms with E-state index in [4.69, 9.17) is 5.11 Å². The Bertz CT molecular complexity index is 352. The van der Waals surface area contributed by atoms with Gasteiger partial charge < -0.3 is 5.11 Å². The number of rotatable bonds is 7. The molecule has 0 aromatic heterocycles. The van der Waals surface area contributed by atoms with Crippen LogP contribution in [0.25, 0.3) is 0 Å². The summed E-state index contributed by atoms with van der Waals surface area (Å²) in [5.74, 6) is -0.502. The number of carbonyl (C=O) groups is 1. The van der Waals surface area contributed by atoms with Crippen molar-refractivity contribution in [3.63, 3.8) is 0 Å². The van der Waals surface area contributed by atoms with Gasteiger partial charge in [-0.25, -0.2) is 12.7 Å². The van der Waals surface area contributed by atoms with Gasteiger partial charge in [-0.05, 0) is 25.2 Å². The van der Waals surface area contributed by atoms with Gasteiger partial charge in [0.2, 0.25) is 10.0 Å². The highest BCUT2D eigenvalue weighted by molar-refractivity contribution is 7.89. The lowest BCUT2D eigenvalue weighted by Crippen LogP contribution is -2.31. The van der Waals surface area contributed by atoms with E-state index in [1.54, 1.807) is 0 Å². The van der Waals surface area contributed by atoms with E-state index in [-0.39, 0.29) is 18.6 Å². The molecule has 1 unspecified atom stereocenters. The van der Waals surface area contributed by atoms with Crippen molar-refractivity contribution in [1.29, 1.82) is 0 Å². The van der Waals surface area contributed by atoms with Crippen LogP contribution in [0.3, 0.4) is 0 Å². The average molecular weight is 263 g/mol. The predicted molar refractivity (Wildman–Crippen MR) is 65.2 cm³/mol. The molecule has 0 aromatic carbocycles. The summed E-state index contributed by atoms with van der Waals surface area (Å²) in [5.41, 5.74) is 0. The van der Waals surface area contributed by atoms with Crippen molar-refractivity contribution >= 4 is 16.0 Å². The Morgan fingerprint density at radius 2 is 2.18 bits per heavy atom. The van der Waals surface area contributed by atoms with Gasteiger partial charge in [-0.1, -0.05) is 13.3 Å². The van der Waals surface area contributed by atoms with Gasteiger partial charge in [0.1, 0.15) is 0 Å². The first-order chi connectivity index (χ1) is 7.95. The number of hydrogen-bond acceptors (Lipinski definition) is 3. The maximum Gasteiger partial charge on any atom is 0.303 e. The Morgan fingerprint density at radius 3 is 2.76 bits per heavy atom. The fourth-order valence-corrected chi connectivity index (χ4v) is 3.82. The minimum atomic E-state index is -3.24. The highest BCUT2D eigenvalue weighted by atomic mass is 32.2. The van der Waals surface area contributed by atoms with Crippen LogP contribution in [0.4, 0.5) is 0 Å². The molecule has 1 aliphatic heterocycles. The molecule has 1 atom stereocenters. The molecule has 0 aromatic rings. The van der Waals surface area contributed by atoms with Gasteiger partial charge in [0.05, 0.1) is 5.75 Å². The molecule has 5 nitrogen and oxygen atoms in total. The summed E-state index contributed by atoms with van der Waals surface area (Å²) in [6.07, 6.45) is 3.21. The zero-order chi connectivity index (χ0) is 12.9. The molecule has 1 heterocycles. The van der Waals surface area contributed by atoms with Crippen molar-refractivity contribution in [2.75, 3.05) is 18.8 Å². The number of hydrogen-bond donors (Lipinski definition) is 1. The zero-order valence-corrected chi connectivity index (χ0v) is 11.1. The Morgan fingerprint density at radius 1 is 1.47 bits per heavy atom. The van der Waals surface area contributed by atoms with Gasteiger partial charge in [0, 0.05) is 19.5 Å². The minimum Gasteiger partial charge on any atom is -0.481 e. The summed E-state index contributed by atoms with van der Waals surface area (Å²) in [6.45, 7) is 3.31. The van der Waals surface area contributed by atoms with Crippen molar-refractivity contribution in [3.8, 4) is 0 Å². The van der Waals surface area contributed by atoms with Gasteiger partial charge in [-0.3, -0.25) is 4.79 Å². The molecule has 0 bridgehead atoms. The monoisotopic (exact) mass is 263 g/mol. The second-order valence-corrected chi connectivity index (χ2v) is 6.70. The Kier molecular flexibility index (Phi) is 5.39. The van der Waals surface area contributed by atoms with Crippen molar-refractivity contribution < 1.29 is 18.3 Å². The van der Waals surface area contributed by atoms with Gasteiger partial charge >= 0.3 is 5.97 Å². The molecule has 100 valence electrons. The Balaban J connectivity index is 2.40. The molecule has 0 aliphatic carbocycles. The third kappa shape index (κ3) is 4.63. The van der Waals surface area contributed by atoms with Crippen LogP contribution in [0.5, 0.6) is 0 Å². The molecule has 1 aliphatic rings. The largest absolute Gasteiger partial charge is 0.481 e. The lowest BCUT2D eigenvalue weighted by Gasteiger charge is -2.16. The molecule has 0 saturated carbocycles. The van der Waals surface area contributed by atoms with E-state index in [2.05, 4.69) is 6.92 Å². The second kappa shape index (κ2) is 6.35. The molecule has 1 rings (SSSR count). The SMILES string of the molecule is CCCC1CCN(S(=O)(=O)CCCC(=O)O)C1. The average Bonchev–Trinajstić information content (AvgIpc) is 2.66. The van der Waals surface area contributed by atoms with Gasteiger partial charge in [-0.2, -0.15) is 0 Å². The maximum atomic E-state index is 11.9. The highest BCUT2D eigenvalue weighted by Gasteiger charge is 2.30. The van der Waals surface area contributed by atoms with Crippen LogP contribution >= 0.6 is 0 Å². The Hall–Kier alpha value is -0.620. The van der Waals surface area contributed by atoms with E-state index in [9.17, 15) is 13.2 Å². The predicted octanol–water partition coefficient (Wildman–Crippen LogP) is 1.30. The summed E-state index contributed by atoms with van der Waals surface area (Å²) in [5, 5.41) is 8.48. The number of sulfonamides is 1. The van der Waals surface area contributed by atoms with Crippen molar-refractivity contribution in [1.82, 2.24) is 4.31 Å². The van der Waals surface area contributed by atoms with Crippen LogP contribution in [0, 0.1) is 5.92 Å². The van der Waals surface area contributed by atoms with Gasteiger partial charge in [0.15, 0.2) is 0 Å². The molecule has 0 amide bonds.